The van der Waals surface area contributed by atoms with Crippen LogP contribution in [0, 0.1) is 6.57 Å². The van der Waals surface area contributed by atoms with Crippen LogP contribution in [0.5, 0.6) is 0 Å². The number of ether oxygens (including phenoxy) is 2. The maximum atomic E-state index is 12.9. The number of amides is 2. The predicted molar refractivity (Wildman–Crippen MR) is 107 cm³/mol. The second-order valence-corrected chi connectivity index (χ2v) is 6.18. The van der Waals surface area contributed by atoms with Crippen molar-refractivity contribution in [2.24, 2.45) is 0 Å². The monoisotopic (exact) mass is 409 g/mol. The smallest absolute Gasteiger partial charge is 0.385 e. The maximum absolute atomic E-state index is 12.9. The normalized spacial score (nSPS) is 12.1. The Balaban J connectivity index is 5.47. The van der Waals surface area contributed by atoms with Crippen LogP contribution >= 0.6 is 0 Å². The Morgan fingerprint density at radius 3 is 1.86 bits per heavy atom. The molecule has 0 spiro atoms. The number of esters is 2. The largest absolute Gasteiger partial charge is 0.457 e. The van der Waals surface area contributed by atoms with Gasteiger partial charge < -0.3 is 19.5 Å². The molecule has 162 valence electrons. The lowest BCUT2D eigenvalue weighted by Crippen LogP contribution is -2.48. The summed E-state index contributed by atoms with van der Waals surface area (Å²) in [5.74, 6) is -1.22. The van der Waals surface area contributed by atoms with Crippen LogP contribution in [-0.4, -0.2) is 71.4 Å². The Bertz CT molecular complexity index is 570. The Morgan fingerprint density at radius 1 is 1.03 bits per heavy atom. The molecule has 0 heterocycles. The van der Waals surface area contributed by atoms with E-state index in [2.05, 4.69) is 18.1 Å². The van der Waals surface area contributed by atoms with Gasteiger partial charge in [-0.15, -0.1) is 0 Å². The number of hydrogen-bond acceptors (Lipinski definition) is 6. The van der Waals surface area contributed by atoms with E-state index < -0.39 is 30.2 Å². The van der Waals surface area contributed by atoms with E-state index in [0.717, 1.165) is 17.2 Å². The Labute approximate surface area is 172 Å². The van der Waals surface area contributed by atoms with E-state index in [4.69, 9.17) is 21.2 Å². The van der Waals surface area contributed by atoms with Gasteiger partial charge in [0, 0.05) is 18.8 Å². The van der Waals surface area contributed by atoms with Crippen molar-refractivity contribution in [1.82, 2.24) is 9.91 Å². The first-order chi connectivity index (χ1) is 13.9. The van der Waals surface area contributed by atoms with Gasteiger partial charge in [-0.1, -0.05) is 27.0 Å². The molecule has 0 bridgehead atoms. The van der Waals surface area contributed by atoms with Gasteiger partial charge in [0.05, 0.1) is 19.6 Å². The van der Waals surface area contributed by atoms with Gasteiger partial charge in [-0.2, -0.15) is 11.5 Å². The third-order valence-corrected chi connectivity index (χ3v) is 4.05. The molecule has 0 aromatic carbocycles. The molecule has 29 heavy (non-hydrogen) atoms. The van der Waals surface area contributed by atoms with E-state index in [9.17, 15) is 14.4 Å². The summed E-state index contributed by atoms with van der Waals surface area (Å²) in [7, 11) is 0. The van der Waals surface area contributed by atoms with Crippen LogP contribution in [0.25, 0.3) is 4.95 Å². The third kappa shape index (κ3) is 10.3. The van der Waals surface area contributed by atoms with Crippen LogP contribution in [0.2, 0.25) is 0 Å². The van der Waals surface area contributed by atoms with E-state index in [0.29, 0.717) is 25.7 Å². The number of hydrogen-bond donors (Lipinski definition) is 1. The summed E-state index contributed by atoms with van der Waals surface area (Å²) in [6.45, 7) is 17.8. The van der Waals surface area contributed by atoms with E-state index in [1.807, 2.05) is 0 Å². The Kier molecular flexibility index (Phi) is 13.6. The highest BCUT2D eigenvalue weighted by Gasteiger charge is 2.30. The van der Waals surface area contributed by atoms with Crippen molar-refractivity contribution < 1.29 is 29.0 Å². The summed E-state index contributed by atoms with van der Waals surface area (Å²) in [6, 6.07) is -0.584. The summed E-state index contributed by atoms with van der Waals surface area (Å²) in [6.07, 6.45) is 2.66. The molecule has 0 aliphatic heterocycles. The quantitative estimate of drug-likeness (QED) is 0.155. The summed E-state index contributed by atoms with van der Waals surface area (Å²) >= 11 is 0. The average Bonchev–Trinajstić information content (AvgIpc) is 2.73. The van der Waals surface area contributed by atoms with Crippen molar-refractivity contribution >= 4 is 18.0 Å². The van der Waals surface area contributed by atoms with Crippen molar-refractivity contribution in [2.45, 2.75) is 51.7 Å². The molecule has 2 amide bonds. The molecule has 0 aliphatic rings. The molecule has 0 saturated heterocycles. The number of unbranched alkanes of at least 4 members (excludes halogenated alkanes) is 1. The third-order valence-electron chi connectivity index (χ3n) is 4.05. The molecule has 0 fully saturated rings. The van der Waals surface area contributed by atoms with Gasteiger partial charge >= 0.3 is 18.0 Å². The van der Waals surface area contributed by atoms with Crippen molar-refractivity contribution in [3.05, 3.63) is 36.8 Å². The maximum Gasteiger partial charge on any atom is 0.385 e. The molecule has 0 aromatic heterocycles. The van der Waals surface area contributed by atoms with Crippen LogP contribution in [-0.2, 0) is 19.1 Å². The molecular formula is C20H31N3O6. The molecule has 2 atom stereocenters. The lowest BCUT2D eigenvalue weighted by Gasteiger charge is -2.30. The topological polar surface area (TPSA) is 101 Å². The van der Waals surface area contributed by atoms with Gasteiger partial charge in [0.25, 0.3) is 0 Å². The predicted octanol–water partition coefficient (Wildman–Crippen LogP) is 2.33. The van der Waals surface area contributed by atoms with Crippen molar-refractivity contribution in [3.63, 3.8) is 0 Å². The van der Waals surface area contributed by atoms with E-state index in [1.165, 1.54) is 4.90 Å². The Hall–Kier alpha value is -2.86. The lowest BCUT2D eigenvalue weighted by atomic mass is 10.2. The molecule has 0 rings (SSSR count). The van der Waals surface area contributed by atoms with Gasteiger partial charge in [-0.25, -0.2) is 14.4 Å². The molecule has 1 N–H and O–H groups in total. The average molecular weight is 409 g/mol. The van der Waals surface area contributed by atoms with Crippen LogP contribution < -0.4 is 0 Å². The number of carbonyl (C=O) groups is 3. The fraction of sp³-hybridized carbons (Fsp3) is 0.600. The fourth-order valence-corrected chi connectivity index (χ4v) is 2.37. The molecular weight excluding hydrogens is 378 g/mol. The number of carbonyl (C=O) groups excluding carboxylic acids is 3. The molecule has 0 saturated carbocycles. The van der Waals surface area contributed by atoms with Gasteiger partial charge in [-0.05, 0) is 30.7 Å². The second kappa shape index (κ2) is 15.1. The highest BCUT2D eigenvalue weighted by molar-refractivity contribution is 5.82. The molecule has 0 aliphatic carbocycles. The van der Waals surface area contributed by atoms with Crippen LogP contribution in [0.1, 0.15) is 39.5 Å². The van der Waals surface area contributed by atoms with E-state index in [-0.39, 0.29) is 26.2 Å². The van der Waals surface area contributed by atoms with Crippen molar-refractivity contribution in [3.8, 4) is 0 Å². The van der Waals surface area contributed by atoms with Crippen LogP contribution in [0.4, 0.5) is 4.79 Å². The number of aliphatic hydroxyl groups excluding tert-OH is 1. The zero-order valence-electron chi connectivity index (χ0n) is 17.2. The summed E-state index contributed by atoms with van der Waals surface area (Å²) in [5.41, 5.74) is 0. The van der Waals surface area contributed by atoms with E-state index in [1.54, 1.807) is 13.8 Å². The molecule has 0 radical (unpaired) electrons. The first-order valence-corrected chi connectivity index (χ1v) is 9.57. The summed E-state index contributed by atoms with van der Waals surface area (Å²) in [5, 5.41) is 9.87. The summed E-state index contributed by atoms with van der Waals surface area (Å²) in [4.78, 5) is 40.6. The van der Waals surface area contributed by atoms with Crippen LogP contribution in [0.3, 0.4) is 0 Å². The second-order valence-electron chi connectivity index (χ2n) is 6.18. The SMILES string of the molecule is [C-]#[N+]N(CCCCO)C(=O)N(CC(CC)OC(=O)C=C)CC(CC)OC(=O)C=C. The molecule has 2 unspecified atom stereocenters. The lowest BCUT2D eigenvalue weighted by molar-refractivity contribution is -0.145. The van der Waals surface area contributed by atoms with Gasteiger partial charge in [0.2, 0.25) is 0 Å². The highest BCUT2D eigenvalue weighted by atomic mass is 16.5. The number of aliphatic hydroxyl groups is 1. The van der Waals surface area contributed by atoms with Gasteiger partial charge in [-0.3, -0.25) is 0 Å². The number of urea groups is 1. The zero-order chi connectivity index (χ0) is 22.2. The van der Waals surface area contributed by atoms with Gasteiger partial charge in [0.1, 0.15) is 12.2 Å². The Morgan fingerprint density at radius 2 is 1.52 bits per heavy atom. The minimum Gasteiger partial charge on any atom is -0.457 e. The zero-order valence-corrected chi connectivity index (χ0v) is 17.2. The molecule has 9 heteroatoms. The minimum absolute atomic E-state index is 0.0308. The first-order valence-electron chi connectivity index (χ1n) is 9.57. The first kappa shape index (κ1) is 26.1. The fourth-order valence-electron chi connectivity index (χ4n) is 2.37. The van der Waals surface area contributed by atoms with Crippen LogP contribution in [0.15, 0.2) is 25.3 Å². The standard InChI is InChI=1S/C20H31N3O6/c1-6-16(28-18(25)8-3)14-22(15-17(7-2)29-19(26)9-4)20(27)23(21-5)12-10-11-13-24/h8-9,16-17,24H,3-4,6-7,10-15H2,1-2H3. The number of rotatable bonds is 14. The van der Waals surface area contributed by atoms with Crippen molar-refractivity contribution in [1.29, 1.82) is 0 Å². The van der Waals surface area contributed by atoms with Gasteiger partial charge in [0.15, 0.2) is 0 Å². The number of nitrogens with zero attached hydrogens (tertiary/aromatic N) is 3. The minimum atomic E-state index is -0.612. The molecule has 9 nitrogen and oxygen atoms in total. The van der Waals surface area contributed by atoms with Crippen molar-refractivity contribution in [2.75, 3.05) is 26.2 Å². The molecule has 0 aromatic rings. The summed E-state index contributed by atoms with van der Waals surface area (Å²) < 4.78 is 10.5. The highest BCUT2D eigenvalue weighted by Crippen LogP contribution is 2.12. The van der Waals surface area contributed by atoms with E-state index >= 15 is 0 Å².